The Morgan fingerprint density at radius 1 is 1.12 bits per heavy atom. The van der Waals surface area contributed by atoms with Gasteiger partial charge in [-0.2, -0.15) is 0 Å². The number of amides is 3. The van der Waals surface area contributed by atoms with Crippen LogP contribution in [0.4, 0.5) is 4.79 Å². The van der Waals surface area contributed by atoms with Crippen LogP contribution < -0.4 is 10.6 Å². The molecule has 0 aromatic rings. The second kappa shape index (κ2) is 7.49. The lowest BCUT2D eigenvalue weighted by Crippen LogP contribution is -2.43. The first kappa shape index (κ1) is 14.2. The van der Waals surface area contributed by atoms with Crippen LogP contribution in [0.2, 0.25) is 0 Å². The highest BCUT2D eigenvalue weighted by Crippen LogP contribution is 1.77. The Kier molecular flexibility index (Phi) is 6.66. The fourth-order valence-electron chi connectivity index (χ4n) is 0.741. The van der Waals surface area contributed by atoms with Crippen LogP contribution in [0.3, 0.4) is 0 Å². The minimum atomic E-state index is -0.580. The molecule has 0 aliphatic heterocycles. The number of carbonyl (C=O) groups is 3. The first-order chi connectivity index (χ1) is 7.47. The van der Waals surface area contributed by atoms with Crippen molar-refractivity contribution >= 4 is 17.9 Å². The quantitative estimate of drug-likeness (QED) is 0.590. The second-order valence-corrected chi connectivity index (χ2v) is 3.13. The molecular weight excluding hydrogens is 214 g/mol. The second-order valence-electron chi connectivity index (χ2n) is 3.13. The predicted octanol–water partition coefficient (Wildman–Crippen LogP) is -1.06. The van der Waals surface area contributed by atoms with Gasteiger partial charge in [-0.3, -0.25) is 9.59 Å². The van der Waals surface area contributed by atoms with E-state index in [2.05, 4.69) is 15.4 Å². The maximum atomic E-state index is 11.1. The summed E-state index contributed by atoms with van der Waals surface area (Å²) < 4.78 is 4.60. The van der Waals surface area contributed by atoms with Crippen LogP contribution in [0.1, 0.15) is 6.92 Å². The number of hydrogen-bond donors (Lipinski definition) is 2. The number of nitrogens with one attached hydrogen (secondary N) is 2. The van der Waals surface area contributed by atoms with Crippen molar-refractivity contribution < 1.29 is 19.1 Å². The van der Waals surface area contributed by atoms with Crippen LogP contribution >= 0.6 is 0 Å². The zero-order valence-corrected chi connectivity index (χ0v) is 9.70. The van der Waals surface area contributed by atoms with Crippen molar-refractivity contribution in [1.29, 1.82) is 0 Å². The van der Waals surface area contributed by atoms with Gasteiger partial charge in [-0.25, -0.2) is 4.79 Å². The van der Waals surface area contributed by atoms with E-state index < -0.39 is 12.0 Å². The molecule has 0 aliphatic rings. The summed E-state index contributed by atoms with van der Waals surface area (Å²) in [4.78, 5) is 34.4. The van der Waals surface area contributed by atoms with Crippen molar-refractivity contribution in [3.63, 3.8) is 0 Å². The highest BCUT2D eigenvalue weighted by atomic mass is 16.5. The van der Waals surface area contributed by atoms with E-state index >= 15 is 0 Å². The number of urea groups is 1. The molecule has 92 valence electrons. The van der Waals surface area contributed by atoms with Crippen LogP contribution in [0.5, 0.6) is 0 Å². The first-order valence-corrected chi connectivity index (χ1v) is 4.84. The lowest BCUT2D eigenvalue weighted by Gasteiger charge is -2.11. The number of likely N-dealkylation sites (N-methyl/N-ethyl adjacent to an activating group) is 1. The molecule has 2 N–H and O–H groups in total. The zero-order chi connectivity index (χ0) is 12.6. The van der Waals surface area contributed by atoms with Crippen molar-refractivity contribution in [2.45, 2.75) is 6.92 Å². The Bertz CT molecular complexity index is 265. The molecule has 0 spiro atoms. The third-order valence-electron chi connectivity index (χ3n) is 1.60. The fraction of sp³-hybridized carbons (Fsp3) is 0.667. The predicted molar refractivity (Wildman–Crippen MR) is 56.7 cm³/mol. The monoisotopic (exact) mass is 231 g/mol. The van der Waals surface area contributed by atoms with Gasteiger partial charge >= 0.3 is 12.0 Å². The van der Waals surface area contributed by atoms with Crippen LogP contribution in [-0.4, -0.2) is 56.6 Å². The molecule has 0 saturated carbocycles. The molecular formula is C9H17N3O4. The highest BCUT2D eigenvalue weighted by Gasteiger charge is 2.08. The maximum Gasteiger partial charge on any atom is 0.325 e. The lowest BCUT2D eigenvalue weighted by atomic mass is 10.5. The zero-order valence-electron chi connectivity index (χ0n) is 9.70. The van der Waals surface area contributed by atoms with Gasteiger partial charge in [0.1, 0.15) is 6.54 Å². The molecule has 0 bridgehead atoms. The van der Waals surface area contributed by atoms with Gasteiger partial charge in [0.05, 0.1) is 13.2 Å². The molecule has 0 radical (unpaired) electrons. The van der Waals surface area contributed by atoms with Crippen LogP contribution in [0.15, 0.2) is 0 Å². The highest BCUT2D eigenvalue weighted by molar-refractivity contribution is 5.85. The van der Waals surface area contributed by atoms with Gasteiger partial charge in [-0.05, 0) is 6.92 Å². The van der Waals surface area contributed by atoms with E-state index in [0.29, 0.717) is 0 Å². The summed E-state index contributed by atoms with van der Waals surface area (Å²) in [5.74, 6) is -0.747. The molecule has 3 amide bonds. The molecule has 0 atom stereocenters. The Hall–Kier alpha value is -1.79. The average Bonchev–Trinajstić information content (AvgIpc) is 2.23. The van der Waals surface area contributed by atoms with Gasteiger partial charge in [0.2, 0.25) is 5.91 Å². The Labute approximate surface area is 94.1 Å². The van der Waals surface area contributed by atoms with Crippen LogP contribution in [0.25, 0.3) is 0 Å². The molecule has 7 heteroatoms. The lowest BCUT2D eigenvalue weighted by molar-refractivity contribution is -0.141. The largest absolute Gasteiger partial charge is 0.465 e. The van der Waals surface area contributed by atoms with E-state index in [9.17, 15) is 14.4 Å². The van der Waals surface area contributed by atoms with Crippen LogP contribution in [-0.2, 0) is 14.3 Å². The third kappa shape index (κ3) is 6.63. The van der Waals surface area contributed by atoms with Gasteiger partial charge in [0, 0.05) is 14.1 Å². The van der Waals surface area contributed by atoms with E-state index in [1.807, 2.05) is 0 Å². The Morgan fingerprint density at radius 2 is 1.69 bits per heavy atom. The number of hydrogen-bond acceptors (Lipinski definition) is 4. The van der Waals surface area contributed by atoms with Gasteiger partial charge in [0.15, 0.2) is 0 Å². The molecule has 0 aliphatic carbocycles. The van der Waals surface area contributed by atoms with Gasteiger partial charge in [-0.15, -0.1) is 0 Å². The number of rotatable bonds is 5. The summed E-state index contributed by atoms with van der Waals surface area (Å²) in [6, 6.07) is -0.580. The first-order valence-electron chi connectivity index (χ1n) is 4.84. The Balaban J connectivity index is 3.67. The Morgan fingerprint density at radius 3 is 2.19 bits per heavy atom. The molecule has 0 aromatic heterocycles. The van der Waals surface area contributed by atoms with E-state index in [1.165, 1.54) is 4.90 Å². The molecule has 7 nitrogen and oxygen atoms in total. The molecule has 16 heavy (non-hydrogen) atoms. The van der Waals surface area contributed by atoms with Crippen molar-refractivity contribution in [2.24, 2.45) is 0 Å². The number of nitrogens with zero attached hydrogens (tertiary/aromatic N) is 1. The summed E-state index contributed by atoms with van der Waals surface area (Å²) in [7, 11) is 3.17. The number of ether oxygens (including phenoxy) is 1. The molecule has 0 saturated heterocycles. The standard InChI is InChI=1S/C9H17N3O4/c1-4-16-8(14)6-11-9(15)10-5-7(13)12(2)3/h4-6H2,1-3H3,(H2,10,11,15). The minimum Gasteiger partial charge on any atom is -0.465 e. The third-order valence-corrected chi connectivity index (χ3v) is 1.60. The minimum absolute atomic E-state index is 0.109. The summed E-state index contributed by atoms with van der Waals surface area (Å²) in [5.41, 5.74) is 0. The summed E-state index contributed by atoms with van der Waals surface area (Å²) >= 11 is 0. The number of esters is 1. The molecule has 0 rings (SSSR count). The SMILES string of the molecule is CCOC(=O)CNC(=O)NCC(=O)N(C)C. The summed E-state index contributed by atoms with van der Waals surface area (Å²) in [5, 5.41) is 4.58. The molecule has 0 fully saturated rings. The summed E-state index contributed by atoms with van der Waals surface area (Å²) in [6.07, 6.45) is 0. The van der Waals surface area contributed by atoms with Gasteiger partial charge in [-0.1, -0.05) is 0 Å². The van der Waals surface area contributed by atoms with Crippen molar-refractivity contribution in [1.82, 2.24) is 15.5 Å². The van der Waals surface area contributed by atoms with Crippen LogP contribution in [0, 0.1) is 0 Å². The summed E-state index contributed by atoms with van der Waals surface area (Å²) in [6.45, 7) is 1.62. The fourth-order valence-corrected chi connectivity index (χ4v) is 0.741. The number of carbonyl (C=O) groups excluding carboxylic acids is 3. The van der Waals surface area contributed by atoms with E-state index in [4.69, 9.17) is 0 Å². The van der Waals surface area contributed by atoms with E-state index in [0.717, 1.165) is 0 Å². The topological polar surface area (TPSA) is 87.7 Å². The van der Waals surface area contributed by atoms with Gasteiger partial charge < -0.3 is 20.3 Å². The van der Waals surface area contributed by atoms with Gasteiger partial charge in [0.25, 0.3) is 0 Å². The normalized spacial score (nSPS) is 9.19. The van der Waals surface area contributed by atoms with Crippen molar-refractivity contribution in [3.05, 3.63) is 0 Å². The average molecular weight is 231 g/mol. The molecule has 0 aromatic carbocycles. The van der Waals surface area contributed by atoms with Crippen molar-refractivity contribution in [3.8, 4) is 0 Å². The van der Waals surface area contributed by atoms with Crippen molar-refractivity contribution in [2.75, 3.05) is 33.8 Å². The van der Waals surface area contributed by atoms with E-state index in [-0.39, 0.29) is 25.6 Å². The van der Waals surface area contributed by atoms with E-state index in [1.54, 1.807) is 21.0 Å². The molecule has 0 heterocycles. The molecule has 0 unspecified atom stereocenters. The maximum absolute atomic E-state index is 11.1. The smallest absolute Gasteiger partial charge is 0.325 e.